The van der Waals surface area contributed by atoms with E-state index in [0.29, 0.717) is 11.5 Å². The van der Waals surface area contributed by atoms with Crippen LogP contribution in [-0.4, -0.2) is 25.4 Å². The Labute approximate surface area is 176 Å². The zero-order chi connectivity index (χ0) is 20.1. The smallest absolute Gasteiger partial charge is 0.209 e. The van der Waals surface area contributed by atoms with E-state index in [1.165, 1.54) is 37.7 Å². The molecule has 5 heteroatoms. The Balaban J connectivity index is 1.46. The van der Waals surface area contributed by atoms with Crippen LogP contribution in [0.15, 0.2) is 52.8 Å². The molecule has 0 atom stereocenters. The van der Waals surface area contributed by atoms with Crippen LogP contribution in [0.5, 0.6) is 11.5 Å². The van der Waals surface area contributed by atoms with Crippen molar-refractivity contribution in [3.63, 3.8) is 0 Å². The Kier molecular flexibility index (Phi) is 6.25. The van der Waals surface area contributed by atoms with Gasteiger partial charge in [0.05, 0.1) is 19.9 Å². The van der Waals surface area contributed by atoms with Crippen LogP contribution >= 0.6 is 11.3 Å². The lowest BCUT2D eigenvalue weighted by atomic mass is 9.84. The summed E-state index contributed by atoms with van der Waals surface area (Å²) in [6, 6.07) is 14.7. The summed E-state index contributed by atoms with van der Waals surface area (Å²) in [5.74, 6) is 2.13. The van der Waals surface area contributed by atoms with Crippen LogP contribution in [0, 0.1) is 0 Å². The Morgan fingerprint density at radius 3 is 2.45 bits per heavy atom. The first-order valence-corrected chi connectivity index (χ1v) is 11.0. The molecule has 1 aromatic heterocycles. The average Bonchev–Trinajstić information content (AvgIpc) is 3.27. The standard InChI is InChI=1S/C24H26N2O2S/c1-27-22-13-8-17(14-23(22)28-2)15-25-24-26-21(16-29-24)20-11-9-19(10-12-20)18-6-4-3-5-7-18/h8-16,18H,3-7H2,1-2H3. The molecule has 1 saturated carbocycles. The van der Waals surface area contributed by atoms with Gasteiger partial charge >= 0.3 is 0 Å². The minimum absolute atomic E-state index is 0.689. The molecule has 0 spiro atoms. The Bertz CT molecular complexity index is 973. The van der Waals surface area contributed by atoms with E-state index in [1.54, 1.807) is 31.8 Å². The van der Waals surface area contributed by atoms with Crippen molar-refractivity contribution in [1.29, 1.82) is 0 Å². The molecule has 0 amide bonds. The zero-order valence-electron chi connectivity index (χ0n) is 16.9. The molecule has 4 nitrogen and oxygen atoms in total. The van der Waals surface area contributed by atoms with Crippen LogP contribution < -0.4 is 9.47 Å². The minimum Gasteiger partial charge on any atom is -0.493 e. The molecule has 0 N–H and O–H groups in total. The van der Waals surface area contributed by atoms with Crippen molar-refractivity contribution in [3.05, 3.63) is 59.0 Å². The predicted octanol–water partition coefficient (Wildman–Crippen LogP) is 6.63. The monoisotopic (exact) mass is 406 g/mol. The van der Waals surface area contributed by atoms with E-state index < -0.39 is 0 Å². The lowest BCUT2D eigenvalue weighted by Gasteiger charge is -2.22. The summed E-state index contributed by atoms with van der Waals surface area (Å²) in [6.07, 6.45) is 8.56. The van der Waals surface area contributed by atoms with Crippen molar-refractivity contribution in [2.24, 2.45) is 4.99 Å². The summed E-state index contributed by atoms with van der Waals surface area (Å²) in [4.78, 5) is 9.21. The number of nitrogens with zero attached hydrogens (tertiary/aromatic N) is 2. The number of thiazole rings is 1. The van der Waals surface area contributed by atoms with Gasteiger partial charge in [-0.1, -0.05) is 43.5 Å². The number of benzene rings is 2. The van der Waals surface area contributed by atoms with Gasteiger partial charge in [-0.25, -0.2) is 9.98 Å². The van der Waals surface area contributed by atoms with Gasteiger partial charge in [-0.2, -0.15) is 0 Å². The molecule has 0 radical (unpaired) electrons. The highest BCUT2D eigenvalue weighted by Gasteiger charge is 2.15. The number of ether oxygens (including phenoxy) is 2. The van der Waals surface area contributed by atoms with Gasteiger partial charge in [0.2, 0.25) is 5.13 Å². The van der Waals surface area contributed by atoms with E-state index in [2.05, 4.69) is 39.6 Å². The Hall–Kier alpha value is -2.66. The maximum atomic E-state index is 5.34. The van der Waals surface area contributed by atoms with E-state index in [-0.39, 0.29) is 0 Å². The topological polar surface area (TPSA) is 43.7 Å². The van der Waals surface area contributed by atoms with Gasteiger partial charge in [0, 0.05) is 17.2 Å². The molecule has 1 aliphatic rings. The molecule has 0 saturated heterocycles. The van der Waals surface area contributed by atoms with Crippen molar-refractivity contribution in [2.45, 2.75) is 38.0 Å². The van der Waals surface area contributed by atoms with Crippen LogP contribution in [0.4, 0.5) is 5.13 Å². The number of aromatic nitrogens is 1. The zero-order valence-corrected chi connectivity index (χ0v) is 17.7. The molecule has 29 heavy (non-hydrogen) atoms. The second-order valence-electron chi connectivity index (χ2n) is 7.34. The van der Waals surface area contributed by atoms with Crippen LogP contribution in [0.3, 0.4) is 0 Å². The van der Waals surface area contributed by atoms with E-state index in [1.807, 2.05) is 18.2 Å². The van der Waals surface area contributed by atoms with Gasteiger partial charge in [-0.3, -0.25) is 0 Å². The number of hydrogen-bond donors (Lipinski definition) is 0. The number of aliphatic imine (C=N–C) groups is 1. The van der Waals surface area contributed by atoms with Gasteiger partial charge in [0.1, 0.15) is 0 Å². The number of hydrogen-bond acceptors (Lipinski definition) is 5. The molecular formula is C24H26N2O2S. The summed E-state index contributed by atoms with van der Waals surface area (Å²) >= 11 is 1.55. The fourth-order valence-electron chi connectivity index (χ4n) is 3.88. The molecule has 0 unspecified atom stereocenters. The van der Waals surface area contributed by atoms with E-state index in [9.17, 15) is 0 Å². The third kappa shape index (κ3) is 4.67. The largest absolute Gasteiger partial charge is 0.493 e. The molecule has 150 valence electrons. The summed E-state index contributed by atoms with van der Waals surface area (Å²) in [6.45, 7) is 0. The van der Waals surface area contributed by atoms with Crippen LogP contribution in [0.2, 0.25) is 0 Å². The highest BCUT2D eigenvalue weighted by molar-refractivity contribution is 7.13. The molecule has 0 bridgehead atoms. The molecule has 0 aliphatic heterocycles. The summed E-state index contributed by atoms with van der Waals surface area (Å²) in [5, 5.41) is 2.81. The fourth-order valence-corrected chi connectivity index (χ4v) is 4.55. The normalized spacial score (nSPS) is 15.0. The van der Waals surface area contributed by atoms with Crippen LogP contribution in [-0.2, 0) is 0 Å². The number of methoxy groups -OCH3 is 2. The van der Waals surface area contributed by atoms with Crippen LogP contribution in [0.1, 0.15) is 49.1 Å². The molecule has 2 aromatic carbocycles. The second kappa shape index (κ2) is 9.23. The van der Waals surface area contributed by atoms with E-state index >= 15 is 0 Å². The van der Waals surface area contributed by atoms with E-state index in [4.69, 9.17) is 9.47 Å². The molecule has 1 aliphatic carbocycles. The molecule has 4 rings (SSSR count). The van der Waals surface area contributed by atoms with Crippen LogP contribution in [0.25, 0.3) is 11.3 Å². The van der Waals surface area contributed by atoms with Gasteiger partial charge < -0.3 is 9.47 Å². The highest BCUT2D eigenvalue weighted by Crippen LogP contribution is 2.34. The summed E-state index contributed by atoms with van der Waals surface area (Å²) in [5.41, 5.74) is 4.53. The summed E-state index contributed by atoms with van der Waals surface area (Å²) in [7, 11) is 3.26. The fraction of sp³-hybridized carbons (Fsp3) is 0.333. The van der Waals surface area contributed by atoms with Crippen molar-refractivity contribution in [3.8, 4) is 22.8 Å². The quantitative estimate of drug-likeness (QED) is 0.432. The first-order chi connectivity index (χ1) is 14.3. The van der Waals surface area contributed by atoms with Crippen molar-refractivity contribution >= 4 is 22.7 Å². The first kappa shape index (κ1) is 19.6. The lowest BCUT2D eigenvalue weighted by Crippen LogP contribution is -2.04. The molecular weight excluding hydrogens is 380 g/mol. The van der Waals surface area contributed by atoms with Gasteiger partial charge in [0.15, 0.2) is 11.5 Å². The average molecular weight is 407 g/mol. The molecule has 1 heterocycles. The van der Waals surface area contributed by atoms with Crippen molar-refractivity contribution in [2.75, 3.05) is 14.2 Å². The third-order valence-corrected chi connectivity index (χ3v) is 6.26. The highest BCUT2D eigenvalue weighted by atomic mass is 32.1. The summed E-state index contributed by atoms with van der Waals surface area (Å²) < 4.78 is 10.6. The SMILES string of the molecule is COc1ccc(C=Nc2nc(-c3ccc(C4CCCCC4)cc3)cs2)cc1OC. The minimum atomic E-state index is 0.689. The Morgan fingerprint density at radius 2 is 1.72 bits per heavy atom. The molecule has 1 fully saturated rings. The number of rotatable bonds is 6. The van der Waals surface area contributed by atoms with Gasteiger partial charge in [-0.15, -0.1) is 11.3 Å². The lowest BCUT2D eigenvalue weighted by molar-refractivity contribution is 0.355. The third-order valence-electron chi connectivity index (χ3n) is 5.51. The molecule has 3 aromatic rings. The second-order valence-corrected chi connectivity index (χ2v) is 8.18. The van der Waals surface area contributed by atoms with Gasteiger partial charge in [-0.05, 0) is 48.1 Å². The van der Waals surface area contributed by atoms with Gasteiger partial charge in [0.25, 0.3) is 0 Å². The predicted molar refractivity (Wildman–Crippen MR) is 120 cm³/mol. The van der Waals surface area contributed by atoms with Crippen molar-refractivity contribution < 1.29 is 9.47 Å². The first-order valence-electron chi connectivity index (χ1n) is 10.1. The van der Waals surface area contributed by atoms with Crippen molar-refractivity contribution in [1.82, 2.24) is 4.98 Å². The maximum Gasteiger partial charge on any atom is 0.209 e. The van der Waals surface area contributed by atoms with E-state index in [0.717, 1.165) is 27.9 Å². The maximum absolute atomic E-state index is 5.34. The Morgan fingerprint density at radius 1 is 0.966 bits per heavy atom.